The van der Waals surface area contributed by atoms with Crippen molar-refractivity contribution in [3.05, 3.63) is 44.3 Å². The topological polar surface area (TPSA) is 109 Å². The molecule has 0 bridgehead atoms. The number of esters is 1. The van der Waals surface area contributed by atoms with Crippen molar-refractivity contribution in [1.82, 2.24) is 0 Å². The quantitative estimate of drug-likeness (QED) is 0.345. The van der Waals surface area contributed by atoms with Gasteiger partial charge in [-0.05, 0) is 25.8 Å². The number of benzene rings is 1. The summed E-state index contributed by atoms with van der Waals surface area (Å²) in [7, 11) is 0. The third kappa shape index (κ3) is 3.89. The zero-order valence-corrected chi connectivity index (χ0v) is 13.5. The Morgan fingerprint density at radius 3 is 2.71 bits per heavy atom. The molecule has 8 heteroatoms. The van der Waals surface area contributed by atoms with Gasteiger partial charge < -0.3 is 13.9 Å². The van der Waals surface area contributed by atoms with E-state index in [1.807, 2.05) is 6.92 Å². The van der Waals surface area contributed by atoms with Crippen LogP contribution in [-0.4, -0.2) is 23.6 Å². The van der Waals surface area contributed by atoms with Crippen molar-refractivity contribution in [3.63, 3.8) is 0 Å². The van der Waals surface area contributed by atoms with Gasteiger partial charge in [0.2, 0.25) is 5.75 Å². The van der Waals surface area contributed by atoms with E-state index in [2.05, 4.69) is 0 Å². The third-order valence-corrected chi connectivity index (χ3v) is 3.48. The van der Waals surface area contributed by atoms with E-state index < -0.39 is 23.1 Å². The zero-order chi connectivity index (χ0) is 17.9. The average molecular weight is 335 g/mol. The van der Waals surface area contributed by atoms with Crippen LogP contribution in [0.25, 0.3) is 11.0 Å². The Morgan fingerprint density at radius 1 is 1.38 bits per heavy atom. The van der Waals surface area contributed by atoms with E-state index in [4.69, 9.17) is 13.9 Å². The number of carbonyl (C=O) groups is 1. The smallest absolute Gasteiger partial charge is 0.344 e. The fourth-order valence-corrected chi connectivity index (χ4v) is 2.07. The molecule has 0 saturated carbocycles. The van der Waals surface area contributed by atoms with Crippen molar-refractivity contribution in [1.29, 1.82) is 0 Å². The lowest BCUT2D eigenvalue weighted by molar-refractivity contribution is -0.385. The second-order valence-electron chi connectivity index (χ2n) is 5.32. The molecule has 8 nitrogen and oxygen atoms in total. The Labute approximate surface area is 137 Å². The van der Waals surface area contributed by atoms with E-state index in [1.54, 1.807) is 13.8 Å². The summed E-state index contributed by atoms with van der Waals surface area (Å²) in [4.78, 5) is 33.7. The van der Waals surface area contributed by atoms with Gasteiger partial charge in [-0.15, -0.1) is 0 Å². The lowest BCUT2D eigenvalue weighted by Crippen LogP contribution is -2.20. The molecule has 128 valence electrons. The SMILES string of the molecule is CCC(C)OC(=O)COc1cc2oc(=O)cc(C)c2cc1[N+](=O)[O-]. The van der Waals surface area contributed by atoms with Gasteiger partial charge in [-0.25, -0.2) is 9.59 Å². The van der Waals surface area contributed by atoms with Crippen molar-refractivity contribution in [3.8, 4) is 5.75 Å². The molecule has 1 aromatic carbocycles. The molecule has 1 heterocycles. The van der Waals surface area contributed by atoms with Crippen molar-refractivity contribution in [2.75, 3.05) is 6.61 Å². The summed E-state index contributed by atoms with van der Waals surface area (Å²) >= 11 is 0. The Kier molecular flexibility index (Phi) is 5.18. The molecule has 0 amide bonds. The van der Waals surface area contributed by atoms with Gasteiger partial charge in [0.25, 0.3) is 0 Å². The van der Waals surface area contributed by atoms with Gasteiger partial charge in [-0.1, -0.05) is 6.92 Å². The van der Waals surface area contributed by atoms with E-state index >= 15 is 0 Å². The van der Waals surface area contributed by atoms with Gasteiger partial charge in [-0.3, -0.25) is 10.1 Å². The molecule has 0 saturated heterocycles. The summed E-state index contributed by atoms with van der Waals surface area (Å²) in [6, 6.07) is 3.73. The number of aryl methyl sites for hydroxylation is 1. The predicted octanol–water partition coefficient (Wildman–Crippen LogP) is 2.73. The third-order valence-electron chi connectivity index (χ3n) is 3.48. The maximum Gasteiger partial charge on any atom is 0.344 e. The Balaban J connectivity index is 2.34. The van der Waals surface area contributed by atoms with Crippen LogP contribution < -0.4 is 10.4 Å². The van der Waals surface area contributed by atoms with E-state index in [-0.39, 0.29) is 23.1 Å². The molecule has 0 N–H and O–H groups in total. The molecule has 0 aliphatic heterocycles. The molecule has 0 fully saturated rings. The molecule has 1 aromatic heterocycles. The summed E-state index contributed by atoms with van der Waals surface area (Å²) in [6.45, 7) is 4.75. The normalized spacial score (nSPS) is 12.0. The van der Waals surface area contributed by atoms with Gasteiger partial charge >= 0.3 is 17.3 Å². The molecule has 0 spiro atoms. The Bertz CT molecular complexity index is 840. The van der Waals surface area contributed by atoms with Crippen molar-refractivity contribution in [2.24, 2.45) is 0 Å². The van der Waals surface area contributed by atoms with Crippen molar-refractivity contribution >= 4 is 22.6 Å². The summed E-state index contributed by atoms with van der Waals surface area (Å²) in [5.41, 5.74) is -0.199. The lowest BCUT2D eigenvalue weighted by Gasteiger charge is -2.12. The minimum Gasteiger partial charge on any atom is -0.475 e. The number of fused-ring (bicyclic) bond motifs is 1. The second-order valence-corrected chi connectivity index (χ2v) is 5.32. The van der Waals surface area contributed by atoms with Gasteiger partial charge in [0.15, 0.2) is 6.61 Å². The summed E-state index contributed by atoms with van der Waals surface area (Å²) < 4.78 is 15.3. The largest absolute Gasteiger partial charge is 0.475 e. The zero-order valence-electron chi connectivity index (χ0n) is 13.5. The number of carbonyl (C=O) groups excluding carboxylic acids is 1. The highest BCUT2D eigenvalue weighted by Crippen LogP contribution is 2.33. The first-order valence-corrected chi connectivity index (χ1v) is 7.37. The number of nitrogens with zero attached hydrogens (tertiary/aromatic N) is 1. The maximum absolute atomic E-state index is 11.6. The molecule has 0 radical (unpaired) electrons. The molecule has 0 aliphatic rings. The van der Waals surface area contributed by atoms with Crippen LogP contribution in [0.1, 0.15) is 25.8 Å². The summed E-state index contributed by atoms with van der Waals surface area (Å²) in [5, 5.41) is 11.7. The van der Waals surface area contributed by atoms with E-state index in [1.165, 1.54) is 18.2 Å². The number of ether oxygens (including phenoxy) is 2. The van der Waals surface area contributed by atoms with E-state index in [9.17, 15) is 19.7 Å². The molecule has 2 aromatic rings. The van der Waals surface area contributed by atoms with Crippen LogP contribution in [-0.2, 0) is 9.53 Å². The maximum atomic E-state index is 11.6. The number of hydrogen-bond donors (Lipinski definition) is 0. The van der Waals surface area contributed by atoms with Crippen LogP contribution >= 0.6 is 0 Å². The van der Waals surface area contributed by atoms with E-state index in [0.717, 1.165) is 0 Å². The predicted molar refractivity (Wildman–Crippen MR) is 85.2 cm³/mol. The standard InChI is InChI=1S/C16H17NO7/c1-4-10(3)23-16(19)8-22-14-7-13-11(6-12(14)17(20)21)9(2)5-15(18)24-13/h5-7,10H,4,8H2,1-3H3. The highest BCUT2D eigenvalue weighted by atomic mass is 16.6. The van der Waals surface area contributed by atoms with Gasteiger partial charge in [0.05, 0.1) is 11.0 Å². The van der Waals surface area contributed by atoms with Crippen LogP contribution in [0, 0.1) is 17.0 Å². The summed E-state index contributed by atoms with van der Waals surface area (Å²) in [6.07, 6.45) is 0.375. The first kappa shape index (κ1) is 17.5. The average Bonchev–Trinajstić information content (AvgIpc) is 2.51. The molecule has 0 aliphatic carbocycles. The number of hydrogen-bond acceptors (Lipinski definition) is 7. The highest BCUT2D eigenvalue weighted by molar-refractivity contribution is 5.85. The molecule has 1 atom stereocenters. The van der Waals surface area contributed by atoms with Crippen LogP contribution in [0.4, 0.5) is 5.69 Å². The van der Waals surface area contributed by atoms with Crippen molar-refractivity contribution < 1.29 is 23.6 Å². The van der Waals surface area contributed by atoms with Gasteiger partial charge in [0, 0.05) is 23.6 Å². The Morgan fingerprint density at radius 2 is 2.08 bits per heavy atom. The minimum atomic E-state index is -0.635. The Hall–Kier alpha value is -2.90. The highest BCUT2D eigenvalue weighted by Gasteiger charge is 2.20. The minimum absolute atomic E-state index is 0.149. The molecular formula is C16H17NO7. The molecule has 1 unspecified atom stereocenters. The fraction of sp³-hybridized carbons (Fsp3) is 0.375. The monoisotopic (exact) mass is 335 g/mol. The van der Waals surface area contributed by atoms with Crippen LogP contribution in [0.3, 0.4) is 0 Å². The second kappa shape index (κ2) is 7.12. The number of nitro groups is 1. The first-order chi connectivity index (χ1) is 11.3. The van der Waals surface area contributed by atoms with Crippen LogP contribution in [0.15, 0.2) is 27.4 Å². The number of nitro benzene ring substituents is 1. The fourth-order valence-electron chi connectivity index (χ4n) is 2.07. The lowest BCUT2D eigenvalue weighted by atomic mass is 10.1. The van der Waals surface area contributed by atoms with Gasteiger partial charge in [0.1, 0.15) is 5.58 Å². The molecular weight excluding hydrogens is 318 g/mol. The number of rotatable bonds is 6. The van der Waals surface area contributed by atoms with Crippen LogP contribution in [0.5, 0.6) is 5.75 Å². The van der Waals surface area contributed by atoms with Crippen molar-refractivity contribution in [2.45, 2.75) is 33.3 Å². The summed E-state index contributed by atoms with van der Waals surface area (Å²) in [5.74, 6) is -0.799. The first-order valence-electron chi connectivity index (χ1n) is 7.37. The molecule has 24 heavy (non-hydrogen) atoms. The van der Waals surface area contributed by atoms with Gasteiger partial charge in [-0.2, -0.15) is 0 Å². The van der Waals surface area contributed by atoms with E-state index in [0.29, 0.717) is 17.4 Å². The molecule has 2 rings (SSSR count). The van der Waals surface area contributed by atoms with Crippen LogP contribution in [0.2, 0.25) is 0 Å².